The van der Waals surface area contributed by atoms with Gasteiger partial charge >= 0.3 is 6.09 Å². The van der Waals surface area contributed by atoms with Crippen LogP contribution in [0.3, 0.4) is 0 Å². The van der Waals surface area contributed by atoms with E-state index in [2.05, 4.69) is 20.9 Å². The van der Waals surface area contributed by atoms with E-state index in [1.54, 1.807) is 0 Å². The third kappa shape index (κ3) is 10.7. The fourth-order valence-electron chi connectivity index (χ4n) is 2.79. The summed E-state index contributed by atoms with van der Waals surface area (Å²) in [6.45, 7) is 11.3. The van der Waals surface area contributed by atoms with Gasteiger partial charge in [-0.3, -0.25) is 4.99 Å². The predicted octanol–water partition coefficient (Wildman–Crippen LogP) is 1.13. The maximum Gasteiger partial charge on any atom is 0.407 e. The highest BCUT2D eigenvalue weighted by Crippen LogP contribution is 2.19. The standard InChI is InChI=1S/C18H37N5O4S/c1-6-19-16(20-10-7-11-21-17(24)27-18(2,3)4)22-14-15-8-12-23(13-9-15)28(5,25)26/h15H,6-14H2,1-5H3,(H,21,24)(H2,19,20,22). The number of aliphatic imine (C=N–C) groups is 1. The molecular formula is C18H37N5O4S. The molecule has 1 fully saturated rings. The second-order valence-corrected chi connectivity index (χ2v) is 10.0. The average molecular weight is 420 g/mol. The van der Waals surface area contributed by atoms with Crippen molar-refractivity contribution >= 4 is 22.1 Å². The zero-order valence-corrected chi connectivity index (χ0v) is 18.7. The summed E-state index contributed by atoms with van der Waals surface area (Å²) in [6, 6.07) is 0. The Labute approximate surface area is 169 Å². The van der Waals surface area contributed by atoms with Crippen molar-refractivity contribution in [3.8, 4) is 0 Å². The lowest BCUT2D eigenvalue weighted by molar-refractivity contribution is 0.0527. The molecule has 1 rings (SSSR count). The summed E-state index contributed by atoms with van der Waals surface area (Å²) in [5, 5.41) is 9.19. The van der Waals surface area contributed by atoms with Crippen LogP contribution in [0.5, 0.6) is 0 Å². The number of hydrogen-bond donors (Lipinski definition) is 3. The molecule has 28 heavy (non-hydrogen) atoms. The number of amides is 1. The Bertz CT molecular complexity index is 608. The molecule has 0 aromatic carbocycles. The smallest absolute Gasteiger partial charge is 0.407 e. The Balaban J connectivity index is 2.30. The van der Waals surface area contributed by atoms with Crippen molar-refractivity contribution < 1.29 is 17.9 Å². The number of piperidine rings is 1. The molecule has 0 unspecified atom stereocenters. The fourth-order valence-corrected chi connectivity index (χ4v) is 3.66. The Morgan fingerprint density at radius 1 is 1.14 bits per heavy atom. The maximum absolute atomic E-state index is 11.6. The molecule has 0 aromatic heterocycles. The highest BCUT2D eigenvalue weighted by atomic mass is 32.2. The number of carbonyl (C=O) groups excluding carboxylic acids is 1. The average Bonchev–Trinajstić information content (AvgIpc) is 2.57. The van der Waals surface area contributed by atoms with Crippen molar-refractivity contribution in [2.75, 3.05) is 45.5 Å². The molecule has 164 valence electrons. The van der Waals surface area contributed by atoms with Gasteiger partial charge in [0.15, 0.2) is 5.96 Å². The largest absolute Gasteiger partial charge is 0.444 e. The highest BCUT2D eigenvalue weighted by Gasteiger charge is 2.24. The number of ether oxygens (including phenoxy) is 1. The van der Waals surface area contributed by atoms with Gasteiger partial charge in [-0.05, 0) is 52.9 Å². The molecule has 3 N–H and O–H groups in total. The van der Waals surface area contributed by atoms with Crippen molar-refractivity contribution in [2.45, 2.75) is 52.6 Å². The van der Waals surface area contributed by atoms with E-state index in [0.717, 1.165) is 31.8 Å². The molecule has 1 aliphatic rings. The Kier molecular flexibility index (Phi) is 10.0. The van der Waals surface area contributed by atoms with E-state index in [1.807, 2.05) is 27.7 Å². The van der Waals surface area contributed by atoms with Crippen molar-refractivity contribution in [3.05, 3.63) is 0 Å². The number of sulfonamides is 1. The van der Waals surface area contributed by atoms with Gasteiger partial charge in [0.2, 0.25) is 10.0 Å². The molecule has 0 aliphatic carbocycles. The summed E-state index contributed by atoms with van der Waals surface area (Å²) in [6.07, 6.45) is 3.26. The van der Waals surface area contributed by atoms with E-state index in [1.165, 1.54) is 10.6 Å². The third-order valence-corrected chi connectivity index (χ3v) is 5.51. The highest BCUT2D eigenvalue weighted by molar-refractivity contribution is 7.88. The summed E-state index contributed by atoms with van der Waals surface area (Å²) < 4.78 is 29.9. The molecule has 0 bridgehead atoms. The monoisotopic (exact) mass is 419 g/mol. The van der Waals surface area contributed by atoms with Crippen LogP contribution in [-0.2, 0) is 14.8 Å². The van der Waals surface area contributed by atoms with Crippen molar-refractivity contribution in [1.29, 1.82) is 0 Å². The van der Waals surface area contributed by atoms with Gasteiger partial charge in [0.1, 0.15) is 5.60 Å². The summed E-state index contributed by atoms with van der Waals surface area (Å²) >= 11 is 0. The molecule has 1 amide bonds. The topological polar surface area (TPSA) is 112 Å². The number of nitrogens with one attached hydrogen (secondary N) is 3. The van der Waals surface area contributed by atoms with Crippen LogP contribution >= 0.6 is 0 Å². The van der Waals surface area contributed by atoms with E-state index < -0.39 is 21.7 Å². The minimum Gasteiger partial charge on any atom is -0.444 e. The zero-order valence-electron chi connectivity index (χ0n) is 17.9. The van der Waals surface area contributed by atoms with Crippen LogP contribution in [0.4, 0.5) is 4.79 Å². The van der Waals surface area contributed by atoms with E-state index in [4.69, 9.17) is 4.74 Å². The summed E-state index contributed by atoms with van der Waals surface area (Å²) in [7, 11) is -3.09. The molecule has 1 heterocycles. The molecule has 0 atom stereocenters. The number of alkyl carbamates (subject to hydrolysis) is 1. The van der Waals surface area contributed by atoms with Gasteiger partial charge < -0.3 is 20.7 Å². The Hall–Kier alpha value is -1.55. The van der Waals surface area contributed by atoms with Gasteiger partial charge in [0, 0.05) is 39.3 Å². The van der Waals surface area contributed by atoms with Gasteiger partial charge in [0.25, 0.3) is 0 Å². The van der Waals surface area contributed by atoms with Crippen LogP contribution in [0, 0.1) is 5.92 Å². The lowest BCUT2D eigenvalue weighted by Crippen LogP contribution is -2.41. The first-order chi connectivity index (χ1) is 13.0. The summed E-state index contributed by atoms with van der Waals surface area (Å²) in [5.41, 5.74) is -0.495. The lowest BCUT2D eigenvalue weighted by atomic mass is 9.98. The van der Waals surface area contributed by atoms with Crippen LogP contribution in [0.1, 0.15) is 47.0 Å². The van der Waals surface area contributed by atoms with Crippen molar-refractivity contribution in [2.24, 2.45) is 10.9 Å². The van der Waals surface area contributed by atoms with Crippen LogP contribution in [0.25, 0.3) is 0 Å². The molecular weight excluding hydrogens is 382 g/mol. The first-order valence-corrected chi connectivity index (χ1v) is 11.8. The fraction of sp³-hybridized carbons (Fsp3) is 0.889. The SMILES string of the molecule is CCNC(=NCC1CCN(S(C)(=O)=O)CC1)NCCCNC(=O)OC(C)(C)C. The van der Waals surface area contributed by atoms with Crippen LogP contribution in [0.2, 0.25) is 0 Å². The zero-order chi connectivity index (χ0) is 21.2. The molecule has 9 nitrogen and oxygen atoms in total. The van der Waals surface area contributed by atoms with E-state index in [9.17, 15) is 13.2 Å². The number of guanidine groups is 1. The predicted molar refractivity (Wildman–Crippen MR) is 112 cm³/mol. The first kappa shape index (κ1) is 24.5. The van der Waals surface area contributed by atoms with Gasteiger partial charge in [-0.1, -0.05) is 0 Å². The maximum atomic E-state index is 11.6. The molecule has 0 radical (unpaired) electrons. The number of hydrogen-bond acceptors (Lipinski definition) is 5. The van der Waals surface area contributed by atoms with E-state index in [-0.39, 0.29) is 0 Å². The molecule has 1 saturated heterocycles. The summed E-state index contributed by atoms with van der Waals surface area (Å²) in [5.74, 6) is 1.13. The Morgan fingerprint density at radius 3 is 2.29 bits per heavy atom. The minimum atomic E-state index is -3.09. The second kappa shape index (κ2) is 11.5. The lowest BCUT2D eigenvalue weighted by Gasteiger charge is -2.29. The van der Waals surface area contributed by atoms with E-state index >= 15 is 0 Å². The second-order valence-electron chi connectivity index (χ2n) is 8.03. The molecule has 0 saturated carbocycles. The van der Waals surface area contributed by atoms with Crippen LogP contribution < -0.4 is 16.0 Å². The molecule has 10 heteroatoms. The summed E-state index contributed by atoms with van der Waals surface area (Å²) in [4.78, 5) is 16.2. The normalized spacial score (nSPS) is 17.2. The van der Waals surface area contributed by atoms with Crippen molar-refractivity contribution in [3.63, 3.8) is 0 Å². The minimum absolute atomic E-state index is 0.391. The number of carbonyl (C=O) groups is 1. The Morgan fingerprint density at radius 2 is 1.75 bits per heavy atom. The van der Waals surface area contributed by atoms with Gasteiger partial charge in [0.05, 0.1) is 6.26 Å². The van der Waals surface area contributed by atoms with Crippen LogP contribution in [0.15, 0.2) is 4.99 Å². The van der Waals surface area contributed by atoms with Gasteiger partial charge in [-0.2, -0.15) is 0 Å². The first-order valence-electron chi connectivity index (χ1n) is 9.95. The van der Waals surface area contributed by atoms with Gasteiger partial charge in [-0.25, -0.2) is 17.5 Å². The van der Waals surface area contributed by atoms with Crippen LogP contribution in [-0.4, -0.2) is 75.9 Å². The van der Waals surface area contributed by atoms with Crippen molar-refractivity contribution in [1.82, 2.24) is 20.3 Å². The molecule has 0 spiro atoms. The third-order valence-electron chi connectivity index (χ3n) is 4.21. The molecule has 1 aliphatic heterocycles. The van der Waals surface area contributed by atoms with Gasteiger partial charge in [-0.15, -0.1) is 0 Å². The quantitative estimate of drug-likeness (QED) is 0.309. The number of nitrogens with zero attached hydrogens (tertiary/aromatic N) is 2. The van der Waals surface area contributed by atoms with E-state index in [0.29, 0.717) is 38.6 Å². The molecule has 0 aromatic rings. The number of rotatable bonds is 8.